The lowest BCUT2D eigenvalue weighted by Crippen LogP contribution is -2.42. The molecule has 3 nitrogen and oxygen atoms in total. The largest absolute Gasteiger partial charge is 0.396 e. The fourth-order valence-electron chi connectivity index (χ4n) is 2.36. The number of likely N-dealkylation sites (N-methyl/N-ethyl adjacent to an activating group) is 1. The van der Waals surface area contributed by atoms with Crippen molar-refractivity contribution in [2.24, 2.45) is 5.41 Å². The van der Waals surface area contributed by atoms with Crippen LogP contribution < -0.4 is 0 Å². The molecule has 1 aromatic rings. The SMILES string of the molecule is C=CCN(C)C(c1ccccc1)C(C)(CO)CO. The second-order valence-corrected chi connectivity index (χ2v) is 5.01. The van der Waals surface area contributed by atoms with Crippen molar-refractivity contribution in [3.05, 3.63) is 48.6 Å². The Morgan fingerprint density at radius 3 is 2.28 bits per heavy atom. The first kappa shape index (κ1) is 14.9. The Balaban J connectivity index is 3.13. The van der Waals surface area contributed by atoms with Gasteiger partial charge in [0, 0.05) is 18.0 Å². The van der Waals surface area contributed by atoms with Gasteiger partial charge in [0.25, 0.3) is 0 Å². The third kappa shape index (κ3) is 3.19. The van der Waals surface area contributed by atoms with Gasteiger partial charge in [-0.3, -0.25) is 4.90 Å². The summed E-state index contributed by atoms with van der Waals surface area (Å²) in [6, 6.07) is 9.90. The van der Waals surface area contributed by atoms with Crippen LogP contribution in [-0.4, -0.2) is 41.9 Å². The van der Waals surface area contributed by atoms with Gasteiger partial charge in [0.15, 0.2) is 0 Å². The number of hydrogen-bond acceptors (Lipinski definition) is 3. The van der Waals surface area contributed by atoms with Crippen LogP contribution in [-0.2, 0) is 0 Å². The van der Waals surface area contributed by atoms with E-state index in [0.29, 0.717) is 6.54 Å². The molecule has 3 heteroatoms. The summed E-state index contributed by atoms with van der Waals surface area (Å²) in [6.45, 7) is 6.21. The van der Waals surface area contributed by atoms with E-state index < -0.39 is 5.41 Å². The van der Waals surface area contributed by atoms with Gasteiger partial charge in [-0.2, -0.15) is 0 Å². The Morgan fingerprint density at radius 2 is 1.83 bits per heavy atom. The molecular formula is C15H23NO2. The molecule has 0 amide bonds. The first-order valence-corrected chi connectivity index (χ1v) is 6.17. The van der Waals surface area contributed by atoms with E-state index in [2.05, 4.69) is 11.5 Å². The number of nitrogens with zero attached hydrogens (tertiary/aromatic N) is 1. The molecule has 0 saturated carbocycles. The molecule has 0 saturated heterocycles. The quantitative estimate of drug-likeness (QED) is 0.725. The lowest BCUT2D eigenvalue weighted by atomic mass is 9.79. The highest BCUT2D eigenvalue weighted by atomic mass is 16.3. The lowest BCUT2D eigenvalue weighted by Gasteiger charge is -2.40. The van der Waals surface area contributed by atoms with Crippen molar-refractivity contribution >= 4 is 0 Å². The van der Waals surface area contributed by atoms with Gasteiger partial charge in [-0.1, -0.05) is 43.3 Å². The van der Waals surface area contributed by atoms with E-state index in [1.165, 1.54) is 0 Å². The Morgan fingerprint density at radius 1 is 1.28 bits per heavy atom. The molecule has 0 aromatic heterocycles. The van der Waals surface area contributed by atoms with Crippen LogP contribution in [0, 0.1) is 5.41 Å². The third-order valence-electron chi connectivity index (χ3n) is 3.36. The molecule has 0 radical (unpaired) electrons. The number of aliphatic hydroxyl groups is 2. The summed E-state index contributed by atoms with van der Waals surface area (Å²) >= 11 is 0. The molecule has 0 fully saturated rings. The van der Waals surface area contributed by atoms with Crippen LogP contribution >= 0.6 is 0 Å². The maximum Gasteiger partial charge on any atom is 0.0525 e. The Kier molecular flexibility index (Phi) is 5.54. The Bertz CT molecular complexity index is 360. The van der Waals surface area contributed by atoms with Gasteiger partial charge in [-0.05, 0) is 12.6 Å². The van der Waals surface area contributed by atoms with Crippen molar-refractivity contribution in [2.75, 3.05) is 26.8 Å². The fraction of sp³-hybridized carbons (Fsp3) is 0.467. The molecule has 0 aliphatic carbocycles. The van der Waals surface area contributed by atoms with Crippen LogP contribution in [0.4, 0.5) is 0 Å². The van der Waals surface area contributed by atoms with Crippen molar-refractivity contribution in [1.29, 1.82) is 0 Å². The van der Waals surface area contributed by atoms with E-state index in [9.17, 15) is 10.2 Å². The van der Waals surface area contributed by atoms with Crippen LogP contribution in [0.15, 0.2) is 43.0 Å². The fourth-order valence-corrected chi connectivity index (χ4v) is 2.36. The Labute approximate surface area is 109 Å². The normalized spacial score (nSPS) is 13.6. The van der Waals surface area contributed by atoms with E-state index >= 15 is 0 Å². The average molecular weight is 249 g/mol. The number of hydrogen-bond donors (Lipinski definition) is 2. The topological polar surface area (TPSA) is 43.7 Å². The van der Waals surface area contributed by atoms with Crippen molar-refractivity contribution < 1.29 is 10.2 Å². The first-order chi connectivity index (χ1) is 8.59. The standard InChI is InChI=1S/C15H23NO2/c1-4-10-16(3)14(15(2,11-17)12-18)13-8-6-5-7-9-13/h4-9,14,17-18H,1,10-12H2,2-3H3. The van der Waals surface area contributed by atoms with Crippen molar-refractivity contribution in [1.82, 2.24) is 4.90 Å². The summed E-state index contributed by atoms with van der Waals surface area (Å²) in [5.74, 6) is 0. The van der Waals surface area contributed by atoms with Crippen molar-refractivity contribution in [2.45, 2.75) is 13.0 Å². The van der Waals surface area contributed by atoms with Gasteiger partial charge in [-0.25, -0.2) is 0 Å². The van der Waals surface area contributed by atoms with Crippen LogP contribution in [0.3, 0.4) is 0 Å². The highest BCUT2D eigenvalue weighted by Gasteiger charge is 2.36. The number of benzene rings is 1. The minimum Gasteiger partial charge on any atom is -0.396 e. The first-order valence-electron chi connectivity index (χ1n) is 6.17. The minimum atomic E-state index is -0.584. The van der Waals surface area contributed by atoms with Crippen LogP contribution in [0.1, 0.15) is 18.5 Å². The van der Waals surface area contributed by atoms with E-state index in [1.54, 1.807) is 0 Å². The number of aliphatic hydroxyl groups excluding tert-OH is 2. The summed E-state index contributed by atoms with van der Waals surface area (Å²) in [5, 5.41) is 19.2. The minimum absolute atomic E-state index is 0.0494. The molecular weight excluding hydrogens is 226 g/mol. The molecule has 0 spiro atoms. The molecule has 0 bridgehead atoms. The molecule has 2 N–H and O–H groups in total. The molecule has 1 atom stereocenters. The molecule has 1 unspecified atom stereocenters. The van der Waals surface area contributed by atoms with Gasteiger partial charge < -0.3 is 10.2 Å². The average Bonchev–Trinajstić information content (AvgIpc) is 2.40. The molecule has 1 rings (SSSR count). The highest BCUT2D eigenvalue weighted by molar-refractivity contribution is 5.21. The Hall–Kier alpha value is -1.16. The van der Waals surface area contributed by atoms with Crippen LogP contribution in [0.25, 0.3) is 0 Å². The van der Waals surface area contributed by atoms with Gasteiger partial charge >= 0.3 is 0 Å². The van der Waals surface area contributed by atoms with Gasteiger partial charge in [0.2, 0.25) is 0 Å². The summed E-state index contributed by atoms with van der Waals surface area (Å²) in [4.78, 5) is 2.09. The smallest absolute Gasteiger partial charge is 0.0525 e. The maximum atomic E-state index is 9.62. The van der Waals surface area contributed by atoms with Crippen molar-refractivity contribution in [3.63, 3.8) is 0 Å². The molecule has 0 aliphatic heterocycles. The maximum absolute atomic E-state index is 9.62. The zero-order valence-electron chi connectivity index (χ0n) is 11.2. The molecule has 0 heterocycles. The predicted molar refractivity (Wildman–Crippen MR) is 74.3 cm³/mol. The van der Waals surface area contributed by atoms with Gasteiger partial charge in [0.05, 0.1) is 13.2 Å². The molecule has 0 aliphatic rings. The third-order valence-corrected chi connectivity index (χ3v) is 3.36. The van der Waals surface area contributed by atoms with E-state index in [-0.39, 0.29) is 19.3 Å². The number of rotatable bonds is 7. The van der Waals surface area contributed by atoms with Crippen LogP contribution in [0.2, 0.25) is 0 Å². The van der Waals surface area contributed by atoms with Crippen molar-refractivity contribution in [3.8, 4) is 0 Å². The summed E-state index contributed by atoms with van der Waals surface area (Å²) in [7, 11) is 1.98. The molecule has 1 aromatic carbocycles. The van der Waals surface area contributed by atoms with Crippen LogP contribution in [0.5, 0.6) is 0 Å². The second-order valence-electron chi connectivity index (χ2n) is 5.01. The summed E-state index contributed by atoms with van der Waals surface area (Å²) in [6.07, 6.45) is 1.82. The lowest BCUT2D eigenvalue weighted by molar-refractivity contribution is -0.00389. The zero-order valence-corrected chi connectivity index (χ0v) is 11.2. The highest BCUT2D eigenvalue weighted by Crippen LogP contribution is 2.37. The predicted octanol–water partition coefficient (Wildman–Crippen LogP) is 1.84. The van der Waals surface area contributed by atoms with E-state index in [1.807, 2.05) is 50.4 Å². The van der Waals surface area contributed by atoms with E-state index in [4.69, 9.17) is 0 Å². The monoisotopic (exact) mass is 249 g/mol. The van der Waals surface area contributed by atoms with Gasteiger partial charge in [0.1, 0.15) is 0 Å². The molecule has 100 valence electrons. The summed E-state index contributed by atoms with van der Waals surface area (Å²) < 4.78 is 0. The van der Waals surface area contributed by atoms with Gasteiger partial charge in [-0.15, -0.1) is 6.58 Å². The van der Waals surface area contributed by atoms with E-state index in [0.717, 1.165) is 5.56 Å². The zero-order chi connectivity index (χ0) is 13.6. The molecule has 18 heavy (non-hydrogen) atoms. The second kappa shape index (κ2) is 6.69. The summed E-state index contributed by atoms with van der Waals surface area (Å²) in [5.41, 5.74) is 0.506.